The number of aryl methyl sites for hydroxylation is 1. The largest absolute Gasteiger partial charge is 0.263 e. The molecule has 0 aliphatic heterocycles. The number of nitriles is 1. The lowest BCUT2D eigenvalue weighted by Gasteiger charge is -2.04. The van der Waals surface area contributed by atoms with Gasteiger partial charge in [-0.25, -0.2) is 9.07 Å². The minimum absolute atomic E-state index is 0.248. The molecule has 0 radical (unpaired) electrons. The highest BCUT2D eigenvalue weighted by Gasteiger charge is 2.08. The van der Waals surface area contributed by atoms with Gasteiger partial charge in [0.25, 0.3) is 0 Å². The standard InChI is InChI=1S/C18H11FN4/c1-13-7-17(5-4-14-3-2-6-21-12-14)22-23(13)18-9-15(11-20)8-16(19)10-18/h2-3,6-10,12H,1H3. The number of nitrogens with zero attached hydrogens (tertiary/aromatic N) is 4. The maximum Gasteiger partial charge on any atom is 0.136 e. The summed E-state index contributed by atoms with van der Waals surface area (Å²) in [6, 6.07) is 11.5. The van der Waals surface area contributed by atoms with Crippen molar-refractivity contribution < 1.29 is 4.39 Å². The number of benzene rings is 1. The van der Waals surface area contributed by atoms with Crippen LogP contribution >= 0.6 is 0 Å². The van der Waals surface area contributed by atoms with Crippen molar-refractivity contribution in [2.75, 3.05) is 0 Å². The molecule has 0 fully saturated rings. The molecule has 0 amide bonds. The van der Waals surface area contributed by atoms with Crippen molar-refractivity contribution in [2.24, 2.45) is 0 Å². The normalized spacial score (nSPS) is 9.78. The maximum atomic E-state index is 13.6. The van der Waals surface area contributed by atoms with Crippen LogP contribution < -0.4 is 0 Å². The molecule has 0 atom stereocenters. The molecule has 0 unspecified atom stereocenters. The highest BCUT2D eigenvalue weighted by Crippen LogP contribution is 2.15. The lowest BCUT2D eigenvalue weighted by Crippen LogP contribution is -2.00. The third kappa shape index (κ3) is 3.25. The van der Waals surface area contributed by atoms with Crippen molar-refractivity contribution in [1.29, 1.82) is 5.26 Å². The van der Waals surface area contributed by atoms with E-state index in [-0.39, 0.29) is 5.56 Å². The molecule has 3 rings (SSSR count). The zero-order chi connectivity index (χ0) is 16.2. The molecule has 0 bridgehead atoms. The SMILES string of the molecule is Cc1cc(C#Cc2cccnc2)nn1-c1cc(F)cc(C#N)c1. The first-order valence-corrected chi connectivity index (χ1v) is 6.85. The van der Waals surface area contributed by atoms with E-state index < -0.39 is 5.82 Å². The van der Waals surface area contributed by atoms with E-state index in [1.165, 1.54) is 12.1 Å². The Hall–Kier alpha value is -3.44. The predicted octanol–water partition coefficient (Wildman–Crippen LogP) is 2.99. The summed E-state index contributed by atoms with van der Waals surface area (Å²) in [6.45, 7) is 1.85. The number of hydrogen-bond acceptors (Lipinski definition) is 3. The van der Waals surface area contributed by atoms with Crippen molar-refractivity contribution in [3.05, 3.63) is 77.1 Å². The van der Waals surface area contributed by atoms with E-state index in [4.69, 9.17) is 5.26 Å². The lowest BCUT2D eigenvalue weighted by atomic mass is 10.2. The topological polar surface area (TPSA) is 54.5 Å². The fraction of sp³-hybridized carbons (Fsp3) is 0.0556. The third-order valence-electron chi connectivity index (χ3n) is 3.14. The van der Waals surface area contributed by atoms with E-state index in [1.54, 1.807) is 29.2 Å². The van der Waals surface area contributed by atoms with Crippen LogP contribution in [0.2, 0.25) is 0 Å². The molecule has 0 aliphatic carbocycles. The van der Waals surface area contributed by atoms with Gasteiger partial charge in [0.1, 0.15) is 11.5 Å². The van der Waals surface area contributed by atoms with E-state index in [1.807, 2.05) is 25.1 Å². The van der Waals surface area contributed by atoms with Gasteiger partial charge in [-0.1, -0.05) is 5.92 Å². The van der Waals surface area contributed by atoms with Crippen LogP contribution in [0, 0.1) is 35.9 Å². The highest BCUT2D eigenvalue weighted by molar-refractivity contribution is 5.44. The molecule has 23 heavy (non-hydrogen) atoms. The summed E-state index contributed by atoms with van der Waals surface area (Å²) in [7, 11) is 0. The molecule has 1 aromatic carbocycles. The molecule has 0 spiro atoms. The second-order valence-electron chi connectivity index (χ2n) is 4.88. The second-order valence-corrected chi connectivity index (χ2v) is 4.88. The lowest BCUT2D eigenvalue weighted by molar-refractivity contribution is 0.624. The van der Waals surface area contributed by atoms with Gasteiger partial charge < -0.3 is 0 Å². The van der Waals surface area contributed by atoms with E-state index in [0.29, 0.717) is 11.4 Å². The van der Waals surface area contributed by atoms with Gasteiger partial charge in [-0.3, -0.25) is 4.98 Å². The molecule has 110 valence electrons. The first-order valence-electron chi connectivity index (χ1n) is 6.85. The van der Waals surface area contributed by atoms with Crippen LogP contribution in [0.5, 0.6) is 0 Å². The fourth-order valence-corrected chi connectivity index (χ4v) is 2.13. The molecule has 2 aromatic heterocycles. The van der Waals surface area contributed by atoms with Crippen LogP contribution in [-0.2, 0) is 0 Å². The summed E-state index contributed by atoms with van der Waals surface area (Å²) in [5, 5.41) is 13.3. The summed E-state index contributed by atoms with van der Waals surface area (Å²) >= 11 is 0. The summed E-state index contributed by atoms with van der Waals surface area (Å²) in [5.41, 5.74) is 2.90. The Morgan fingerprint density at radius 2 is 2.00 bits per heavy atom. The molecule has 0 aliphatic rings. The number of rotatable bonds is 1. The molecular formula is C18H11FN4. The number of pyridine rings is 1. The Labute approximate surface area is 132 Å². The van der Waals surface area contributed by atoms with Crippen molar-refractivity contribution in [1.82, 2.24) is 14.8 Å². The second kappa shape index (κ2) is 6.13. The summed E-state index contributed by atoms with van der Waals surface area (Å²) < 4.78 is 15.1. The van der Waals surface area contributed by atoms with E-state index in [0.717, 1.165) is 11.3 Å². The molecule has 2 heterocycles. The van der Waals surface area contributed by atoms with Crippen LogP contribution in [0.15, 0.2) is 48.8 Å². The molecular weight excluding hydrogens is 291 g/mol. The fourth-order valence-electron chi connectivity index (χ4n) is 2.13. The number of hydrogen-bond donors (Lipinski definition) is 0. The van der Waals surface area contributed by atoms with Gasteiger partial charge in [-0.05, 0) is 49.2 Å². The number of halogens is 1. The quantitative estimate of drug-likeness (QED) is 0.649. The first kappa shape index (κ1) is 14.5. The Morgan fingerprint density at radius 3 is 2.74 bits per heavy atom. The van der Waals surface area contributed by atoms with Gasteiger partial charge in [-0.15, -0.1) is 0 Å². The molecule has 5 heteroatoms. The van der Waals surface area contributed by atoms with Gasteiger partial charge in [0.05, 0.1) is 17.3 Å². The minimum atomic E-state index is -0.475. The Bertz CT molecular complexity index is 956. The van der Waals surface area contributed by atoms with Crippen molar-refractivity contribution >= 4 is 0 Å². The van der Waals surface area contributed by atoms with Gasteiger partial charge >= 0.3 is 0 Å². The van der Waals surface area contributed by atoms with Gasteiger partial charge in [0.15, 0.2) is 0 Å². The number of aromatic nitrogens is 3. The van der Waals surface area contributed by atoms with E-state index in [9.17, 15) is 4.39 Å². The van der Waals surface area contributed by atoms with Crippen LogP contribution in [-0.4, -0.2) is 14.8 Å². The molecule has 0 saturated heterocycles. The first-order chi connectivity index (χ1) is 11.2. The van der Waals surface area contributed by atoms with Crippen LogP contribution in [0.3, 0.4) is 0 Å². The van der Waals surface area contributed by atoms with Gasteiger partial charge in [-0.2, -0.15) is 10.4 Å². The zero-order valence-corrected chi connectivity index (χ0v) is 12.3. The molecule has 4 nitrogen and oxygen atoms in total. The summed E-state index contributed by atoms with van der Waals surface area (Å²) in [5.74, 6) is 5.45. The molecule has 0 N–H and O–H groups in total. The highest BCUT2D eigenvalue weighted by atomic mass is 19.1. The van der Waals surface area contributed by atoms with Gasteiger partial charge in [0.2, 0.25) is 0 Å². The molecule has 3 aromatic rings. The molecule has 0 saturated carbocycles. The van der Waals surface area contributed by atoms with Crippen LogP contribution in [0.4, 0.5) is 4.39 Å². The third-order valence-corrected chi connectivity index (χ3v) is 3.14. The van der Waals surface area contributed by atoms with Crippen molar-refractivity contribution in [2.45, 2.75) is 6.92 Å². The Morgan fingerprint density at radius 1 is 1.13 bits per heavy atom. The van der Waals surface area contributed by atoms with Crippen molar-refractivity contribution in [3.8, 4) is 23.6 Å². The summed E-state index contributed by atoms with van der Waals surface area (Å²) in [4.78, 5) is 4.00. The van der Waals surface area contributed by atoms with Crippen LogP contribution in [0.1, 0.15) is 22.5 Å². The van der Waals surface area contributed by atoms with Crippen molar-refractivity contribution in [3.63, 3.8) is 0 Å². The average molecular weight is 302 g/mol. The smallest absolute Gasteiger partial charge is 0.136 e. The van der Waals surface area contributed by atoms with E-state index >= 15 is 0 Å². The maximum absolute atomic E-state index is 13.6. The van der Waals surface area contributed by atoms with E-state index in [2.05, 4.69) is 21.9 Å². The summed E-state index contributed by atoms with van der Waals surface area (Å²) in [6.07, 6.45) is 3.35. The van der Waals surface area contributed by atoms with Gasteiger partial charge in [0, 0.05) is 23.7 Å². The Kier molecular flexibility index (Phi) is 3.86. The average Bonchev–Trinajstić information content (AvgIpc) is 2.94. The predicted molar refractivity (Wildman–Crippen MR) is 83.2 cm³/mol. The minimum Gasteiger partial charge on any atom is -0.263 e. The zero-order valence-electron chi connectivity index (χ0n) is 12.3. The monoisotopic (exact) mass is 302 g/mol. The Balaban J connectivity index is 1.98. The van der Waals surface area contributed by atoms with Crippen LogP contribution in [0.25, 0.3) is 5.69 Å².